The van der Waals surface area contributed by atoms with E-state index < -0.39 is 0 Å². The summed E-state index contributed by atoms with van der Waals surface area (Å²) >= 11 is 0. The summed E-state index contributed by atoms with van der Waals surface area (Å²) < 4.78 is 5.44. The van der Waals surface area contributed by atoms with Gasteiger partial charge in [-0.05, 0) is 56.4 Å². The summed E-state index contributed by atoms with van der Waals surface area (Å²) in [5, 5.41) is 3.55. The van der Waals surface area contributed by atoms with E-state index in [0.717, 1.165) is 18.4 Å². The molecule has 0 aliphatic heterocycles. The van der Waals surface area contributed by atoms with Crippen molar-refractivity contribution >= 4 is 0 Å². The molecule has 0 saturated heterocycles. The first-order valence-corrected chi connectivity index (χ1v) is 6.42. The Morgan fingerprint density at radius 3 is 2.60 bits per heavy atom. The zero-order valence-electron chi connectivity index (χ0n) is 10.4. The van der Waals surface area contributed by atoms with Crippen molar-refractivity contribution in [3.63, 3.8) is 0 Å². The maximum atomic E-state index is 5.44. The van der Waals surface area contributed by atoms with Gasteiger partial charge in [-0.1, -0.05) is 6.92 Å². The SMILES string of the molecule is CCNCC1(CC(C)OC)CC2CC2C1. The molecule has 88 valence electrons. The molecule has 1 N–H and O–H groups in total. The predicted octanol–water partition coefficient (Wildman–Crippen LogP) is 2.44. The minimum Gasteiger partial charge on any atom is -0.382 e. The highest BCUT2D eigenvalue weighted by Crippen LogP contribution is 2.61. The molecule has 0 aromatic rings. The van der Waals surface area contributed by atoms with E-state index in [0.29, 0.717) is 11.5 Å². The van der Waals surface area contributed by atoms with E-state index in [4.69, 9.17) is 4.74 Å². The smallest absolute Gasteiger partial charge is 0.0549 e. The van der Waals surface area contributed by atoms with Gasteiger partial charge in [-0.25, -0.2) is 0 Å². The number of nitrogens with one attached hydrogen (secondary N) is 1. The Bertz CT molecular complexity index is 207. The van der Waals surface area contributed by atoms with Crippen molar-refractivity contribution in [3.05, 3.63) is 0 Å². The Balaban J connectivity index is 1.90. The van der Waals surface area contributed by atoms with Crippen LogP contribution in [0.5, 0.6) is 0 Å². The van der Waals surface area contributed by atoms with Crippen LogP contribution in [0.1, 0.15) is 39.5 Å². The lowest BCUT2D eigenvalue weighted by molar-refractivity contribution is 0.0602. The molecular weight excluding hydrogens is 186 g/mol. The number of fused-ring (bicyclic) bond motifs is 1. The molecule has 0 spiro atoms. The van der Waals surface area contributed by atoms with Gasteiger partial charge in [0.25, 0.3) is 0 Å². The number of ether oxygens (including phenoxy) is 1. The lowest BCUT2D eigenvalue weighted by atomic mass is 9.78. The minimum atomic E-state index is 0.418. The molecule has 0 aromatic carbocycles. The average Bonchev–Trinajstić information content (AvgIpc) is 2.84. The fourth-order valence-electron chi connectivity index (χ4n) is 3.47. The van der Waals surface area contributed by atoms with Crippen LogP contribution in [0.4, 0.5) is 0 Å². The van der Waals surface area contributed by atoms with Crippen molar-refractivity contribution in [2.24, 2.45) is 17.3 Å². The van der Waals surface area contributed by atoms with Gasteiger partial charge in [0.05, 0.1) is 6.10 Å². The molecule has 2 nitrogen and oxygen atoms in total. The lowest BCUT2D eigenvalue weighted by Gasteiger charge is -2.33. The molecule has 2 heteroatoms. The summed E-state index contributed by atoms with van der Waals surface area (Å²) in [6.45, 7) is 6.70. The normalized spacial score (nSPS) is 40.2. The molecule has 2 aliphatic carbocycles. The van der Waals surface area contributed by atoms with Gasteiger partial charge in [0.15, 0.2) is 0 Å². The first-order chi connectivity index (χ1) is 7.19. The Hall–Kier alpha value is -0.0800. The Labute approximate surface area is 93.8 Å². The van der Waals surface area contributed by atoms with Gasteiger partial charge in [-0.3, -0.25) is 0 Å². The van der Waals surface area contributed by atoms with Crippen LogP contribution in [-0.2, 0) is 4.74 Å². The third-order valence-corrected chi connectivity index (χ3v) is 4.33. The third kappa shape index (κ3) is 2.54. The molecule has 0 bridgehead atoms. The van der Waals surface area contributed by atoms with Crippen molar-refractivity contribution in [2.45, 2.75) is 45.6 Å². The van der Waals surface area contributed by atoms with Gasteiger partial charge >= 0.3 is 0 Å². The first-order valence-electron chi connectivity index (χ1n) is 6.42. The van der Waals surface area contributed by atoms with E-state index in [1.165, 1.54) is 32.2 Å². The number of rotatable bonds is 6. The summed E-state index contributed by atoms with van der Waals surface area (Å²) in [5.74, 6) is 2.13. The second kappa shape index (κ2) is 4.42. The minimum absolute atomic E-state index is 0.418. The fourth-order valence-corrected chi connectivity index (χ4v) is 3.47. The zero-order valence-corrected chi connectivity index (χ0v) is 10.4. The summed E-state index contributed by atoms with van der Waals surface area (Å²) in [4.78, 5) is 0. The molecule has 2 fully saturated rings. The van der Waals surface area contributed by atoms with Crippen LogP contribution in [0.2, 0.25) is 0 Å². The van der Waals surface area contributed by atoms with Crippen LogP contribution in [-0.4, -0.2) is 26.3 Å². The lowest BCUT2D eigenvalue weighted by Crippen LogP contribution is -2.36. The quantitative estimate of drug-likeness (QED) is 0.728. The fraction of sp³-hybridized carbons (Fsp3) is 1.00. The molecule has 15 heavy (non-hydrogen) atoms. The van der Waals surface area contributed by atoms with Gasteiger partial charge in [0, 0.05) is 13.7 Å². The van der Waals surface area contributed by atoms with Crippen molar-refractivity contribution < 1.29 is 4.74 Å². The van der Waals surface area contributed by atoms with Gasteiger partial charge in [-0.2, -0.15) is 0 Å². The van der Waals surface area contributed by atoms with Gasteiger partial charge in [0.1, 0.15) is 0 Å². The van der Waals surface area contributed by atoms with Crippen LogP contribution in [0.15, 0.2) is 0 Å². The molecule has 2 saturated carbocycles. The van der Waals surface area contributed by atoms with E-state index in [1.807, 2.05) is 7.11 Å². The maximum absolute atomic E-state index is 5.44. The average molecular weight is 211 g/mol. The van der Waals surface area contributed by atoms with Crippen LogP contribution in [0.3, 0.4) is 0 Å². The van der Waals surface area contributed by atoms with Crippen LogP contribution >= 0.6 is 0 Å². The van der Waals surface area contributed by atoms with E-state index in [-0.39, 0.29) is 0 Å². The Kier molecular flexibility index (Phi) is 3.36. The highest BCUT2D eigenvalue weighted by molar-refractivity contribution is 5.04. The molecule has 3 unspecified atom stereocenters. The van der Waals surface area contributed by atoms with Crippen LogP contribution in [0, 0.1) is 17.3 Å². The van der Waals surface area contributed by atoms with E-state index in [2.05, 4.69) is 19.2 Å². The van der Waals surface area contributed by atoms with Crippen molar-refractivity contribution in [1.82, 2.24) is 5.32 Å². The zero-order chi connectivity index (χ0) is 10.9. The molecule has 0 aromatic heterocycles. The second-order valence-electron chi connectivity index (χ2n) is 5.69. The number of hydrogen-bond donors (Lipinski definition) is 1. The van der Waals surface area contributed by atoms with Crippen molar-refractivity contribution in [3.8, 4) is 0 Å². The summed E-state index contributed by atoms with van der Waals surface area (Å²) in [7, 11) is 1.83. The van der Waals surface area contributed by atoms with Gasteiger partial charge in [-0.15, -0.1) is 0 Å². The van der Waals surface area contributed by atoms with Crippen LogP contribution < -0.4 is 5.32 Å². The molecular formula is C13H25NO. The summed E-state index contributed by atoms with van der Waals surface area (Å²) in [6, 6.07) is 0. The van der Waals surface area contributed by atoms with Crippen molar-refractivity contribution in [1.29, 1.82) is 0 Å². The number of hydrogen-bond acceptors (Lipinski definition) is 2. The molecule has 0 heterocycles. The molecule has 0 radical (unpaired) electrons. The summed E-state index contributed by atoms with van der Waals surface area (Å²) in [5.41, 5.74) is 0.555. The Morgan fingerprint density at radius 2 is 2.07 bits per heavy atom. The maximum Gasteiger partial charge on any atom is 0.0549 e. The second-order valence-corrected chi connectivity index (χ2v) is 5.69. The monoisotopic (exact) mass is 211 g/mol. The largest absolute Gasteiger partial charge is 0.382 e. The topological polar surface area (TPSA) is 21.3 Å². The predicted molar refractivity (Wildman–Crippen MR) is 62.9 cm³/mol. The standard InChI is InChI=1S/C13H25NO/c1-4-14-9-13(6-10(2)15-3)7-11-5-12(11)8-13/h10-12,14H,4-9H2,1-3H3. The number of methoxy groups -OCH3 is 1. The van der Waals surface area contributed by atoms with E-state index in [9.17, 15) is 0 Å². The van der Waals surface area contributed by atoms with Crippen molar-refractivity contribution in [2.75, 3.05) is 20.2 Å². The van der Waals surface area contributed by atoms with Gasteiger partial charge < -0.3 is 10.1 Å². The highest BCUT2D eigenvalue weighted by Gasteiger charge is 2.53. The molecule has 3 atom stereocenters. The molecule has 2 rings (SSSR count). The molecule has 0 amide bonds. The highest BCUT2D eigenvalue weighted by atomic mass is 16.5. The Morgan fingerprint density at radius 1 is 1.40 bits per heavy atom. The van der Waals surface area contributed by atoms with Crippen LogP contribution in [0.25, 0.3) is 0 Å². The third-order valence-electron chi connectivity index (χ3n) is 4.33. The van der Waals surface area contributed by atoms with E-state index >= 15 is 0 Å². The first kappa shape index (κ1) is 11.4. The van der Waals surface area contributed by atoms with E-state index in [1.54, 1.807) is 0 Å². The molecule has 2 aliphatic rings. The van der Waals surface area contributed by atoms with Gasteiger partial charge in [0.2, 0.25) is 0 Å². The summed E-state index contributed by atoms with van der Waals surface area (Å²) in [6.07, 6.45) is 6.05.